The van der Waals surface area contributed by atoms with Gasteiger partial charge in [-0.25, -0.2) is 13.1 Å². The van der Waals surface area contributed by atoms with Gasteiger partial charge in [0.15, 0.2) is 0 Å². The molecular formula is C15H24N2O2S2. The van der Waals surface area contributed by atoms with E-state index in [1.54, 1.807) is 23.9 Å². The lowest BCUT2D eigenvalue weighted by molar-refractivity contribution is 0.227. The van der Waals surface area contributed by atoms with Crippen molar-refractivity contribution >= 4 is 21.8 Å². The highest BCUT2D eigenvalue weighted by molar-refractivity contribution is 7.98. The summed E-state index contributed by atoms with van der Waals surface area (Å²) < 4.78 is 27.0. The fourth-order valence-corrected chi connectivity index (χ4v) is 4.01. The highest BCUT2D eigenvalue weighted by Crippen LogP contribution is 2.17. The number of nitrogens with one attached hydrogen (secondary N) is 1. The molecule has 1 aliphatic heterocycles. The number of sulfonamides is 1. The quantitative estimate of drug-likeness (QED) is 0.617. The van der Waals surface area contributed by atoms with Gasteiger partial charge in [-0.05, 0) is 69.4 Å². The summed E-state index contributed by atoms with van der Waals surface area (Å²) in [5, 5.41) is 0. The Morgan fingerprint density at radius 3 is 2.43 bits per heavy atom. The standard InChI is InChI=1S/C15H24N2O2S2/c1-20-14-6-8-15(9-7-14)21(18,19)16-10-5-13-17-11-3-2-4-12-17/h6-9,16H,2-5,10-13H2,1H3. The number of rotatable bonds is 7. The Bertz CT molecular complexity index is 523. The van der Waals surface area contributed by atoms with Crippen molar-refractivity contribution in [2.75, 3.05) is 32.4 Å². The van der Waals surface area contributed by atoms with E-state index in [1.165, 1.54) is 19.3 Å². The van der Waals surface area contributed by atoms with Gasteiger partial charge in [0, 0.05) is 11.4 Å². The van der Waals surface area contributed by atoms with Crippen molar-refractivity contribution in [3.63, 3.8) is 0 Å². The van der Waals surface area contributed by atoms with Crippen LogP contribution in [0.5, 0.6) is 0 Å². The molecule has 0 aromatic heterocycles. The van der Waals surface area contributed by atoms with Gasteiger partial charge in [-0.2, -0.15) is 0 Å². The third kappa shape index (κ3) is 5.29. The van der Waals surface area contributed by atoms with Crippen molar-refractivity contribution < 1.29 is 8.42 Å². The monoisotopic (exact) mass is 328 g/mol. The molecule has 6 heteroatoms. The predicted molar refractivity (Wildman–Crippen MR) is 88.3 cm³/mol. The molecule has 118 valence electrons. The summed E-state index contributed by atoms with van der Waals surface area (Å²) >= 11 is 1.60. The Morgan fingerprint density at radius 2 is 1.81 bits per heavy atom. The van der Waals surface area contributed by atoms with Crippen molar-refractivity contribution in [2.24, 2.45) is 0 Å². The number of thioether (sulfide) groups is 1. The Kier molecular flexibility index (Phi) is 6.54. The second-order valence-electron chi connectivity index (χ2n) is 5.33. The summed E-state index contributed by atoms with van der Waals surface area (Å²) in [6.07, 6.45) is 6.71. The molecule has 0 spiro atoms. The van der Waals surface area contributed by atoms with E-state index in [0.29, 0.717) is 11.4 Å². The smallest absolute Gasteiger partial charge is 0.240 e. The molecule has 21 heavy (non-hydrogen) atoms. The topological polar surface area (TPSA) is 49.4 Å². The van der Waals surface area contributed by atoms with Gasteiger partial charge in [-0.15, -0.1) is 11.8 Å². The fourth-order valence-electron chi connectivity index (χ4n) is 2.53. The molecular weight excluding hydrogens is 304 g/mol. The molecule has 1 fully saturated rings. The van der Waals surface area contributed by atoms with E-state index < -0.39 is 10.0 Å². The van der Waals surface area contributed by atoms with Crippen LogP contribution in [0, 0.1) is 0 Å². The minimum absolute atomic E-state index is 0.346. The molecule has 1 N–H and O–H groups in total. The lowest BCUT2D eigenvalue weighted by Gasteiger charge is -2.26. The van der Waals surface area contributed by atoms with Gasteiger partial charge < -0.3 is 4.90 Å². The van der Waals surface area contributed by atoms with Gasteiger partial charge in [0.05, 0.1) is 4.90 Å². The van der Waals surface area contributed by atoms with Gasteiger partial charge in [0.1, 0.15) is 0 Å². The average Bonchev–Trinajstić information content (AvgIpc) is 2.53. The zero-order chi connectivity index (χ0) is 15.1. The Labute approximate surface area is 132 Å². The first-order chi connectivity index (χ1) is 10.1. The van der Waals surface area contributed by atoms with E-state index in [9.17, 15) is 8.42 Å². The molecule has 2 rings (SSSR count). The third-order valence-electron chi connectivity index (χ3n) is 3.76. The number of nitrogens with zero attached hydrogens (tertiary/aromatic N) is 1. The molecule has 1 aromatic carbocycles. The largest absolute Gasteiger partial charge is 0.303 e. The zero-order valence-electron chi connectivity index (χ0n) is 12.5. The van der Waals surface area contributed by atoms with Crippen LogP contribution < -0.4 is 4.72 Å². The minimum atomic E-state index is -3.37. The molecule has 0 unspecified atom stereocenters. The molecule has 1 heterocycles. The van der Waals surface area contributed by atoms with E-state index in [-0.39, 0.29) is 0 Å². The van der Waals surface area contributed by atoms with Gasteiger partial charge in [0.2, 0.25) is 10.0 Å². The summed E-state index contributed by atoms with van der Waals surface area (Å²) in [5.74, 6) is 0. The van der Waals surface area contributed by atoms with Gasteiger partial charge in [0.25, 0.3) is 0 Å². The lowest BCUT2D eigenvalue weighted by Crippen LogP contribution is -2.33. The summed E-state index contributed by atoms with van der Waals surface area (Å²) in [6, 6.07) is 7.01. The molecule has 0 bridgehead atoms. The highest BCUT2D eigenvalue weighted by atomic mass is 32.2. The maximum absolute atomic E-state index is 12.2. The molecule has 0 atom stereocenters. The van der Waals surface area contributed by atoms with Crippen molar-refractivity contribution in [2.45, 2.75) is 35.5 Å². The Hall–Kier alpha value is -0.560. The predicted octanol–water partition coefficient (Wildman–Crippen LogP) is 2.56. The number of likely N-dealkylation sites (tertiary alicyclic amines) is 1. The van der Waals surface area contributed by atoms with Crippen molar-refractivity contribution in [3.05, 3.63) is 24.3 Å². The van der Waals surface area contributed by atoms with Crippen LogP contribution in [-0.4, -0.2) is 45.8 Å². The summed E-state index contributed by atoms with van der Waals surface area (Å²) in [6.45, 7) is 3.79. The summed E-state index contributed by atoms with van der Waals surface area (Å²) in [5.41, 5.74) is 0. The fraction of sp³-hybridized carbons (Fsp3) is 0.600. The minimum Gasteiger partial charge on any atom is -0.303 e. The van der Waals surface area contributed by atoms with E-state index in [1.807, 2.05) is 18.4 Å². The van der Waals surface area contributed by atoms with Crippen LogP contribution in [-0.2, 0) is 10.0 Å². The Morgan fingerprint density at radius 1 is 1.14 bits per heavy atom. The second-order valence-corrected chi connectivity index (χ2v) is 7.98. The Balaban J connectivity index is 1.77. The van der Waals surface area contributed by atoms with E-state index in [0.717, 1.165) is 31.0 Å². The molecule has 0 radical (unpaired) electrons. The molecule has 4 nitrogen and oxygen atoms in total. The first-order valence-electron chi connectivity index (χ1n) is 7.48. The normalized spacial score (nSPS) is 17.0. The third-order valence-corrected chi connectivity index (χ3v) is 5.98. The number of piperidine rings is 1. The van der Waals surface area contributed by atoms with Crippen LogP contribution >= 0.6 is 11.8 Å². The van der Waals surface area contributed by atoms with E-state index in [2.05, 4.69) is 9.62 Å². The van der Waals surface area contributed by atoms with Crippen LogP contribution in [0.15, 0.2) is 34.1 Å². The highest BCUT2D eigenvalue weighted by Gasteiger charge is 2.14. The maximum Gasteiger partial charge on any atom is 0.240 e. The van der Waals surface area contributed by atoms with Crippen LogP contribution in [0.4, 0.5) is 0 Å². The first-order valence-corrected chi connectivity index (χ1v) is 10.2. The molecule has 1 aromatic rings. The molecule has 0 saturated carbocycles. The zero-order valence-corrected chi connectivity index (χ0v) is 14.2. The second kappa shape index (κ2) is 8.17. The summed E-state index contributed by atoms with van der Waals surface area (Å²) in [7, 11) is -3.37. The molecule has 0 aliphatic carbocycles. The van der Waals surface area contributed by atoms with E-state index >= 15 is 0 Å². The number of benzene rings is 1. The van der Waals surface area contributed by atoms with E-state index in [4.69, 9.17) is 0 Å². The average molecular weight is 329 g/mol. The SMILES string of the molecule is CSc1ccc(S(=O)(=O)NCCCN2CCCCC2)cc1. The number of hydrogen-bond donors (Lipinski definition) is 1. The van der Waals surface area contributed by atoms with Crippen LogP contribution in [0.2, 0.25) is 0 Å². The van der Waals surface area contributed by atoms with Crippen molar-refractivity contribution in [3.8, 4) is 0 Å². The first kappa shape index (κ1) is 16.8. The molecule has 1 saturated heterocycles. The number of hydrogen-bond acceptors (Lipinski definition) is 4. The van der Waals surface area contributed by atoms with Crippen LogP contribution in [0.1, 0.15) is 25.7 Å². The van der Waals surface area contributed by atoms with Crippen molar-refractivity contribution in [1.29, 1.82) is 0 Å². The molecule has 0 amide bonds. The summed E-state index contributed by atoms with van der Waals surface area (Å²) in [4.78, 5) is 3.84. The van der Waals surface area contributed by atoms with Gasteiger partial charge in [-0.3, -0.25) is 0 Å². The van der Waals surface area contributed by atoms with Crippen molar-refractivity contribution in [1.82, 2.24) is 9.62 Å². The van der Waals surface area contributed by atoms with Gasteiger partial charge >= 0.3 is 0 Å². The lowest BCUT2D eigenvalue weighted by atomic mass is 10.1. The van der Waals surface area contributed by atoms with Crippen LogP contribution in [0.3, 0.4) is 0 Å². The van der Waals surface area contributed by atoms with Gasteiger partial charge in [-0.1, -0.05) is 6.42 Å². The molecule has 1 aliphatic rings. The maximum atomic E-state index is 12.2. The van der Waals surface area contributed by atoms with Crippen LogP contribution in [0.25, 0.3) is 0 Å².